The Hall–Kier alpha value is 0.110. The molecule has 1 nitrogen and oxygen atoms in total. The molecule has 68 valence electrons. The highest BCUT2D eigenvalue weighted by Gasteiger charge is 2.29. The third kappa shape index (κ3) is 2.87. The molecule has 1 fully saturated rings. The molecule has 1 heterocycles. The van der Waals surface area contributed by atoms with Gasteiger partial charge in [0.2, 0.25) is 5.12 Å². The number of hydrogen-bond acceptors (Lipinski definition) is 3. The molecule has 0 spiro atoms. The van der Waals surface area contributed by atoms with Gasteiger partial charge in [-0.2, -0.15) is 11.8 Å². The fraction of sp³-hybridized carbons (Fsp3) is 0.667. The highest BCUT2D eigenvalue weighted by Crippen LogP contribution is 2.38. The molecule has 0 aromatic heterocycles. The molecule has 0 amide bonds. The standard InChI is InChI=1S/C9H14OS2/c1-3-8(10)12-9(2)4-6-11-7-5-9/h3H,1,4-7H2,2H3. The number of carbonyl (C=O) groups is 1. The van der Waals surface area contributed by atoms with E-state index in [1.54, 1.807) is 0 Å². The molecule has 0 atom stereocenters. The average Bonchev–Trinajstić information content (AvgIpc) is 2.05. The predicted molar refractivity (Wildman–Crippen MR) is 57.8 cm³/mol. The molecular weight excluding hydrogens is 188 g/mol. The van der Waals surface area contributed by atoms with Gasteiger partial charge >= 0.3 is 0 Å². The van der Waals surface area contributed by atoms with E-state index in [0.717, 1.165) is 12.8 Å². The molecule has 0 bridgehead atoms. The van der Waals surface area contributed by atoms with Crippen molar-refractivity contribution < 1.29 is 4.79 Å². The van der Waals surface area contributed by atoms with E-state index in [0.29, 0.717) is 0 Å². The van der Waals surface area contributed by atoms with Crippen LogP contribution < -0.4 is 0 Å². The minimum absolute atomic E-state index is 0.115. The number of hydrogen-bond donors (Lipinski definition) is 0. The summed E-state index contributed by atoms with van der Waals surface area (Å²) in [6.07, 6.45) is 3.70. The fourth-order valence-corrected chi connectivity index (χ4v) is 3.82. The minimum atomic E-state index is 0.115. The first kappa shape index (κ1) is 10.2. The summed E-state index contributed by atoms with van der Waals surface area (Å²) in [6.45, 7) is 5.66. The van der Waals surface area contributed by atoms with Gasteiger partial charge in [0.05, 0.1) is 0 Å². The zero-order valence-corrected chi connectivity index (χ0v) is 8.97. The highest BCUT2D eigenvalue weighted by atomic mass is 32.2. The van der Waals surface area contributed by atoms with Crippen LogP contribution in [-0.4, -0.2) is 21.4 Å². The molecule has 3 heteroatoms. The molecule has 0 aromatic rings. The van der Waals surface area contributed by atoms with E-state index in [2.05, 4.69) is 13.5 Å². The van der Waals surface area contributed by atoms with Gasteiger partial charge in [0.25, 0.3) is 0 Å². The molecule has 12 heavy (non-hydrogen) atoms. The number of rotatable bonds is 2. The Morgan fingerprint density at radius 1 is 1.58 bits per heavy atom. The van der Waals surface area contributed by atoms with Crippen molar-refractivity contribution in [2.45, 2.75) is 24.5 Å². The molecule has 0 N–H and O–H groups in total. The maximum atomic E-state index is 11.1. The summed E-state index contributed by atoms with van der Waals surface area (Å²) in [5.74, 6) is 2.38. The predicted octanol–water partition coefficient (Wildman–Crippen LogP) is 2.72. The largest absolute Gasteiger partial charge is 0.282 e. The summed E-state index contributed by atoms with van der Waals surface area (Å²) >= 11 is 3.43. The first-order chi connectivity index (χ1) is 5.66. The van der Waals surface area contributed by atoms with Crippen molar-refractivity contribution in [1.29, 1.82) is 0 Å². The maximum absolute atomic E-state index is 11.1. The van der Waals surface area contributed by atoms with Crippen molar-refractivity contribution in [3.63, 3.8) is 0 Å². The van der Waals surface area contributed by atoms with E-state index in [9.17, 15) is 4.79 Å². The molecule has 0 aliphatic carbocycles. The maximum Gasteiger partial charge on any atom is 0.212 e. The summed E-state index contributed by atoms with van der Waals surface area (Å²) in [6, 6.07) is 0. The van der Waals surface area contributed by atoms with Crippen LogP contribution in [0, 0.1) is 0 Å². The van der Waals surface area contributed by atoms with Crippen LogP contribution in [0.15, 0.2) is 12.7 Å². The summed E-state index contributed by atoms with van der Waals surface area (Å²) < 4.78 is 0.177. The smallest absolute Gasteiger partial charge is 0.212 e. The van der Waals surface area contributed by atoms with Crippen molar-refractivity contribution >= 4 is 28.6 Å². The molecule has 0 aromatic carbocycles. The van der Waals surface area contributed by atoms with E-state index in [1.165, 1.54) is 29.3 Å². The first-order valence-electron chi connectivity index (χ1n) is 4.09. The van der Waals surface area contributed by atoms with Gasteiger partial charge in [0.15, 0.2) is 0 Å². The molecule has 0 saturated carbocycles. The second-order valence-corrected chi connectivity index (χ2v) is 6.00. The Morgan fingerprint density at radius 2 is 2.17 bits per heavy atom. The van der Waals surface area contributed by atoms with Gasteiger partial charge in [-0.15, -0.1) is 0 Å². The Bertz CT molecular complexity index is 183. The Morgan fingerprint density at radius 3 is 2.67 bits per heavy atom. The molecule has 1 aliphatic rings. The monoisotopic (exact) mass is 202 g/mol. The third-order valence-electron chi connectivity index (χ3n) is 2.06. The quantitative estimate of drug-likeness (QED) is 0.641. The van der Waals surface area contributed by atoms with Crippen molar-refractivity contribution in [2.75, 3.05) is 11.5 Å². The van der Waals surface area contributed by atoms with E-state index in [-0.39, 0.29) is 9.86 Å². The van der Waals surface area contributed by atoms with Crippen molar-refractivity contribution in [3.8, 4) is 0 Å². The van der Waals surface area contributed by atoms with Crippen molar-refractivity contribution in [3.05, 3.63) is 12.7 Å². The van der Waals surface area contributed by atoms with E-state index in [4.69, 9.17) is 0 Å². The van der Waals surface area contributed by atoms with Gasteiger partial charge in [-0.1, -0.05) is 18.3 Å². The van der Waals surface area contributed by atoms with Gasteiger partial charge in [-0.3, -0.25) is 4.79 Å². The van der Waals surface area contributed by atoms with Crippen LogP contribution in [0.25, 0.3) is 0 Å². The molecular formula is C9H14OS2. The van der Waals surface area contributed by atoms with Crippen LogP contribution in [0.1, 0.15) is 19.8 Å². The second kappa shape index (κ2) is 4.38. The highest BCUT2D eigenvalue weighted by molar-refractivity contribution is 8.15. The van der Waals surface area contributed by atoms with E-state index in [1.807, 2.05) is 11.8 Å². The van der Waals surface area contributed by atoms with Crippen LogP contribution in [0.5, 0.6) is 0 Å². The lowest BCUT2D eigenvalue weighted by Crippen LogP contribution is -2.27. The first-order valence-corrected chi connectivity index (χ1v) is 6.06. The van der Waals surface area contributed by atoms with Crippen LogP contribution in [0.3, 0.4) is 0 Å². The summed E-state index contributed by atoms with van der Waals surface area (Å²) in [7, 11) is 0. The van der Waals surface area contributed by atoms with Crippen LogP contribution in [0.2, 0.25) is 0 Å². The lowest BCUT2D eigenvalue weighted by molar-refractivity contribution is -0.107. The van der Waals surface area contributed by atoms with Gasteiger partial charge in [-0.25, -0.2) is 0 Å². The number of thioether (sulfide) groups is 2. The molecule has 1 aliphatic heterocycles. The lowest BCUT2D eigenvalue weighted by Gasteiger charge is -2.31. The average molecular weight is 202 g/mol. The van der Waals surface area contributed by atoms with Crippen LogP contribution in [0.4, 0.5) is 0 Å². The summed E-state index contributed by atoms with van der Waals surface area (Å²) in [4.78, 5) is 11.1. The SMILES string of the molecule is C=CC(=O)SC1(C)CCSCC1. The second-order valence-electron chi connectivity index (χ2n) is 3.19. The van der Waals surface area contributed by atoms with Crippen molar-refractivity contribution in [2.24, 2.45) is 0 Å². The third-order valence-corrected chi connectivity index (χ3v) is 4.32. The molecule has 1 rings (SSSR count). The summed E-state index contributed by atoms with van der Waals surface area (Å²) in [5, 5.41) is 0.115. The van der Waals surface area contributed by atoms with Gasteiger partial charge in [-0.05, 0) is 37.3 Å². The Labute approximate surface area is 82.4 Å². The van der Waals surface area contributed by atoms with Gasteiger partial charge in [0, 0.05) is 4.75 Å². The van der Waals surface area contributed by atoms with E-state index < -0.39 is 0 Å². The normalized spacial score (nSPS) is 21.8. The van der Waals surface area contributed by atoms with Gasteiger partial charge in [0.1, 0.15) is 0 Å². The zero-order valence-electron chi connectivity index (χ0n) is 7.34. The topological polar surface area (TPSA) is 17.1 Å². The molecule has 1 saturated heterocycles. The van der Waals surface area contributed by atoms with Crippen LogP contribution >= 0.6 is 23.5 Å². The minimum Gasteiger partial charge on any atom is -0.282 e. The summed E-state index contributed by atoms with van der Waals surface area (Å²) in [5.41, 5.74) is 0. The Kier molecular flexibility index (Phi) is 3.72. The number of carbonyl (C=O) groups excluding carboxylic acids is 1. The lowest BCUT2D eigenvalue weighted by atomic mass is 10.1. The molecule has 0 radical (unpaired) electrons. The zero-order chi connectivity index (χ0) is 9.03. The van der Waals surface area contributed by atoms with E-state index >= 15 is 0 Å². The van der Waals surface area contributed by atoms with Crippen LogP contribution in [-0.2, 0) is 4.79 Å². The fourth-order valence-electron chi connectivity index (χ4n) is 1.19. The molecule has 0 unspecified atom stereocenters. The Balaban J connectivity index is 2.46. The van der Waals surface area contributed by atoms with Crippen molar-refractivity contribution in [1.82, 2.24) is 0 Å². The van der Waals surface area contributed by atoms with Gasteiger partial charge < -0.3 is 0 Å².